The number of hydrogen-bond donors (Lipinski definition) is 1. The van der Waals surface area contributed by atoms with Crippen LogP contribution >= 0.6 is 22.9 Å². The molecule has 1 aliphatic heterocycles. The molecule has 0 saturated carbocycles. The molecule has 1 fully saturated rings. The van der Waals surface area contributed by atoms with Gasteiger partial charge in [0.1, 0.15) is 5.82 Å². The van der Waals surface area contributed by atoms with Crippen LogP contribution in [0, 0.1) is 18.7 Å². The van der Waals surface area contributed by atoms with E-state index in [0.717, 1.165) is 16.8 Å². The molecule has 150 valence electrons. The van der Waals surface area contributed by atoms with Crippen LogP contribution in [0.25, 0.3) is 0 Å². The van der Waals surface area contributed by atoms with Crippen molar-refractivity contribution in [3.63, 3.8) is 0 Å². The van der Waals surface area contributed by atoms with Crippen LogP contribution in [0.2, 0.25) is 5.02 Å². The van der Waals surface area contributed by atoms with Crippen molar-refractivity contribution < 1.29 is 9.18 Å². The summed E-state index contributed by atoms with van der Waals surface area (Å²) >= 11 is 7.79. The summed E-state index contributed by atoms with van der Waals surface area (Å²) in [4.78, 5) is 19.4. The van der Waals surface area contributed by atoms with Crippen LogP contribution < -0.4 is 5.32 Å². The average molecular weight is 430 g/mol. The number of halogens is 2. The average Bonchev–Trinajstić information content (AvgIpc) is 3.30. The zero-order valence-electron chi connectivity index (χ0n) is 15.9. The largest absolute Gasteiger partial charge is 0.302 e. The Labute approximate surface area is 178 Å². The lowest BCUT2D eigenvalue weighted by Crippen LogP contribution is -2.27. The van der Waals surface area contributed by atoms with Gasteiger partial charge in [-0.3, -0.25) is 9.69 Å². The number of carbonyl (C=O) groups is 1. The Morgan fingerprint density at radius 2 is 2.03 bits per heavy atom. The lowest BCUT2D eigenvalue weighted by molar-refractivity contribution is -0.119. The predicted molar refractivity (Wildman–Crippen MR) is 115 cm³/mol. The first-order valence-electron chi connectivity index (χ1n) is 9.45. The van der Waals surface area contributed by atoms with Crippen molar-refractivity contribution in [3.8, 4) is 0 Å². The molecule has 7 heteroatoms. The topological polar surface area (TPSA) is 45.2 Å². The van der Waals surface area contributed by atoms with E-state index in [9.17, 15) is 9.18 Å². The molecule has 2 atom stereocenters. The van der Waals surface area contributed by atoms with E-state index in [2.05, 4.69) is 15.2 Å². The highest BCUT2D eigenvalue weighted by Crippen LogP contribution is 2.38. The van der Waals surface area contributed by atoms with E-state index >= 15 is 0 Å². The van der Waals surface area contributed by atoms with E-state index in [1.165, 1.54) is 23.5 Å². The second kappa shape index (κ2) is 8.61. The Balaban J connectivity index is 1.55. The van der Waals surface area contributed by atoms with Crippen molar-refractivity contribution in [1.29, 1.82) is 0 Å². The van der Waals surface area contributed by atoms with Gasteiger partial charge in [-0.15, -0.1) is 11.3 Å². The minimum Gasteiger partial charge on any atom is -0.302 e. The molecule has 0 bridgehead atoms. The van der Waals surface area contributed by atoms with Crippen LogP contribution in [0.5, 0.6) is 0 Å². The Morgan fingerprint density at radius 1 is 1.28 bits per heavy atom. The Hall–Kier alpha value is -2.28. The third-order valence-electron chi connectivity index (χ3n) is 5.21. The van der Waals surface area contributed by atoms with Gasteiger partial charge in [-0.1, -0.05) is 41.9 Å². The molecule has 1 amide bonds. The van der Waals surface area contributed by atoms with Gasteiger partial charge < -0.3 is 5.32 Å². The molecular weight excluding hydrogens is 409 g/mol. The van der Waals surface area contributed by atoms with Gasteiger partial charge >= 0.3 is 0 Å². The number of carbonyl (C=O) groups excluding carboxylic acids is 1. The molecule has 0 aliphatic carbocycles. The fourth-order valence-corrected chi connectivity index (χ4v) is 4.65. The fraction of sp³-hybridized carbons (Fsp3) is 0.273. The number of thiazole rings is 1. The van der Waals surface area contributed by atoms with Gasteiger partial charge in [0, 0.05) is 29.5 Å². The van der Waals surface area contributed by atoms with Crippen LogP contribution in [-0.4, -0.2) is 22.3 Å². The van der Waals surface area contributed by atoms with Gasteiger partial charge in [-0.25, -0.2) is 9.37 Å². The van der Waals surface area contributed by atoms with Crippen molar-refractivity contribution >= 4 is 34.0 Å². The molecule has 1 aliphatic rings. The molecule has 4 nitrogen and oxygen atoms in total. The summed E-state index contributed by atoms with van der Waals surface area (Å²) in [6, 6.07) is 14.3. The van der Waals surface area contributed by atoms with Crippen LogP contribution in [0.4, 0.5) is 9.52 Å². The summed E-state index contributed by atoms with van der Waals surface area (Å²) in [5.41, 5.74) is 2.90. The number of rotatable bonds is 5. The molecule has 2 aromatic carbocycles. The lowest BCUT2D eigenvalue weighted by Gasteiger charge is -2.25. The van der Waals surface area contributed by atoms with Crippen molar-refractivity contribution in [1.82, 2.24) is 9.88 Å². The number of benzene rings is 2. The SMILES string of the molecule is Cc1csc(NC(=O)[C@@H]2C[C@H](c3ccc(F)cc3)N(Cc3ccccc3Cl)C2)n1. The van der Waals surface area contributed by atoms with Crippen LogP contribution in [0.3, 0.4) is 0 Å². The zero-order valence-corrected chi connectivity index (χ0v) is 17.5. The molecule has 2 heterocycles. The number of hydrogen-bond acceptors (Lipinski definition) is 4. The lowest BCUT2D eigenvalue weighted by atomic mass is 9.99. The van der Waals surface area contributed by atoms with Gasteiger partial charge in [0.25, 0.3) is 0 Å². The molecule has 0 spiro atoms. The van der Waals surface area contributed by atoms with Gasteiger partial charge in [-0.2, -0.15) is 0 Å². The number of aryl methyl sites for hydroxylation is 1. The molecule has 1 saturated heterocycles. The number of amides is 1. The molecule has 4 rings (SSSR count). The molecule has 0 unspecified atom stereocenters. The first kappa shape index (κ1) is 20.0. The Bertz CT molecular complexity index is 1010. The monoisotopic (exact) mass is 429 g/mol. The van der Waals surface area contributed by atoms with Crippen LogP contribution in [-0.2, 0) is 11.3 Å². The molecule has 29 heavy (non-hydrogen) atoms. The fourth-order valence-electron chi connectivity index (χ4n) is 3.76. The first-order valence-corrected chi connectivity index (χ1v) is 10.7. The van der Waals surface area contributed by atoms with E-state index in [1.54, 1.807) is 12.1 Å². The number of anilines is 1. The van der Waals surface area contributed by atoms with E-state index in [0.29, 0.717) is 29.7 Å². The Morgan fingerprint density at radius 3 is 2.72 bits per heavy atom. The smallest absolute Gasteiger partial charge is 0.230 e. The van der Waals surface area contributed by atoms with Crippen molar-refractivity contribution in [2.75, 3.05) is 11.9 Å². The highest BCUT2D eigenvalue weighted by Gasteiger charge is 2.37. The van der Waals surface area contributed by atoms with E-state index in [1.807, 2.05) is 36.6 Å². The zero-order chi connectivity index (χ0) is 20.4. The standard InChI is InChI=1S/C22H21ClFN3OS/c1-14-13-29-22(25-14)26-21(28)17-10-20(15-6-8-18(24)9-7-15)27(12-17)11-16-4-2-3-5-19(16)23/h2-9,13,17,20H,10-12H2,1H3,(H,25,26,28)/t17-,20-/m1/s1. The second-order valence-electron chi connectivity index (χ2n) is 7.30. The molecule has 3 aromatic rings. The maximum absolute atomic E-state index is 13.4. The second-order valence-corrected chi connectivity index (χ2v) is 8.57. The Kier molecular flexibility index (Phi) is 5.94. The minimum absolute atomic E-state index is 0.0145. The summed E-state index contributed by atoms with van der Waals surface area (Å²) in [6.07, 6.45) is 0.659. The summed E-state index contributed by atoms with van der Waals surface area (Å²) in [7, 11) is 0. The number of nitrogens with zero attached hydrogens (tertiary/aromatic N) is 2. The van der Waals surface area contributed by atoms with E-state index < -0.39 is 0 Å². The van der Waals surface area contributed by atoms with Gasteiger partial charge in [-0.05, 0) is 42.7 Å². The van der Waals surface area contributed by atoms with Crippen molar-refractivity contribution in [2.24, 2.45) is 5.92 Å². The number of aromatic nitrogens is 1. The van der Waals surface area contributed by atoms with Gasteiger partial charge in [0.05, 0.1) is 11.6 Å². The first-order chi connectivity index (χ1) is 14.0. The van der Waals surface area contributed by atoms with E-state index in [4.69, 9.17) is 11.6 Å². The molecule has 0 radical (unpaired) electrons. The molecule has 1 aromatic heterocycles. The third kappa shape index (κ3) is 4.66. The van der Waals surface area contributed by atoms with Crippen LogP contribution in [0.15, 0.2) is 53.9 Å². The maximum atomic E-state index is 13.4. The van der Waals surface area contributed by atoms with Crippen molar-refractivity contribution in [2.45, 2.75) is 25.9 Å². The summed E-state index contributed by atoms with van der Waals surface area (Å²) in [6.45, 7) is 3.13. The van der Waals surface area contributed by atoms with Gasteiger partial charge in [0.15, 0.2) is 5.13 Å². The third-order valence-corrected chi connectivity index (χ3v) is 6.45. The molecule has 1 N–H and O–H groups in total. The highest BCUT2D eigenvalue weighted by atomic mass is 35.5. The number of likely N-dealkylation sites (tertiary alicyclic amines) is 1. The quantitative estimate of drug-likeness (QED) is 0.586. The summed E-state index contributed by atoms with van der Waals surface area (Å²) in [5.74, 6) is -0.484. The summed E-state index contributed by atoms with van der Waals surface area (Å²) in [5, 5.41) is 6.18. The predicted octanol–water partition coefficient (Wildman–Crippen LogP) is 5.45. The van der Waals surface area contributed by atoms with E-state index in [-0.39, 0.29) is 23.7 Å². The summed E-state index contributed by atoms with van der Waals surface area (Å²) < 4.78 is 13.4. The van der Waals surface area contributed by atoms with Gasteiger partial charge in [0.2, 0.25) is 5.91 Å². The normalized spacial score (nSPS) is 19.4. The molecular formula is C22H21ClFN3OS. The highest BCUT2D eigenvalue weighted by molar-refractivity contribution is 7.13. The van der Waals surface area contributed by atoms with Crippen molar-refractivity contribution in [3.05, 3.63) is 81.6 Å². The van der Waals surface area contributed by atoms with Crippen LogP contribution in [0.1, 0.15) is 29.3 Å². The number of nitrogens with one attached hydrogen (secondary N) is 1. The maximum Gasteiger partial charge on any atom is 0.230 e. The minimum atomic E-state index is -0.266.